The van der Waals surface area contributed by atoms with Gasteiger partial charge in [-0.25, -0.2) is 4.79 Å². The molecule has 0 atom stereocenters. The standard InChI is InChI=1S/C17H12N6O2/c18-9-12(16-20-22-23-21-16)10-19-14-8-4-7-13(17(24)25)15(14)11-5-2-1-3-6-11/h1-8,10,19H,(H,24,25)(H,20,21,22,23). The summed E-state index contributed by atoms with van der Waals surface area (Å²) < 4.78 is 0. The van der Waals surface area contributed by atoms with Gasteiger partial charge >= 0.3 is 5.97 Å². The molecule has 2 aromatic carbocycles. The van der Waals surface area contributed by atoms with Gasteiger partial charge in [0.15, 0.2) is 0 Å². The lowest BCUT2D eigenvalue weighted by atomic mass is 9.97. The zero-order valence-electron chi connectivity index (χ0n) is 12.8. The van der Waals surface area contributed by atoms with E-state index in [4.69, 9.17) is 0 Å². The number of aromatic nitrogens is 4. The highest BCUT2D eigenvalue weighted by atomic mass is 16.4. The van der Waals surface area contributed by atoms with Gasteiger partial charge < -0.3 is 10.4 Å². The zero-order chi connectivity index (χ0) is 17.6. The van der Waals surface area contributed by atoms with Gasteiger partial charge in [0.1, 0.15) is 11.6 Å². The Morgan fingerprint density at radius 3 is 2.64 bits per heavy atom. The maximum absolute atomic E-state index is 11.6. The summed E-state index contributed by atoms with van der Waals surface area (Å²) in [6, 6.07) is 16.0. The maximum atomic E-state index is 11.6. The summed E-state index contributed by atoms with van der Waals surface area (Å²) in [5.41, 5.74) is 2.13. The SMILES string of the molecule is N#CC(=CNc1cccc(C(=O)O)c1-c1ccccc1)c1nn[nH]n1. The van der Waals surface area contributed by atoms with Crippen LogP contribution in [0.4, 0.5) is 5.69 Å². The summed E-state index contributed by atoms with van der Waals surface area (Å²) in [7, 11) is 0. The van der Waals surface area contributed by atoms with Crippen molar-refractivity contribution in [2.45, 2.75) is 0 Å². The van der Waals surface area contributed by atoms with Crippen molar-refractivity contribution in [3.63, 3.8) is 0 Å². The van der Waals surface area contributed by atoms with E-state index in [0.29, 0.717) is 11.3 Å². The molecule has 0 saturated heterocycles. The van der Waals surface area contributed by atoms with E-state index in [0.717, 1.165) is 5.56 Å². The molecule has 0 aliphatic rings. The van der Waals surface area contributed by atoms with Gasteiger partial charge in [0.25, 0.3) is 0 Å². The van der Waals surface area contributed by atoms with Gasteiger partial charge in [-0.1, -0.05) is 36.4 Å². The molecule has 122 valence electrons. The molecule has 0 amide bonds. The number of nitriles is 1. The van der Waals surface area contributed by atoms with E-state index in [9.17, 15) is 15.2 Å². The maximum Gasteiger partial charge on any atom is 0.336 e. The molecule has 1 aromatic heterocycles. The summed E-state index contributed by atoms with van der Waals surface area (Å²) in [6.07, 6.45) is 1.41. The fourth-order valence-corrected chi connectivity index (χ4v) is 2.34. The van der Waals surface area contributed by atoms with Crippen LogP contribution in [0.1, 0.15) is 16.2 Å². The van der Waals surface area contributed by atoms with Crippen molar-refractivity contribution in [1.82, 2.24) is 20.6 Å². The number of hydrogen-bond acceptors (Lipinski definition) is 6. The van der Waals surface area contributed by atoms with Crippen LogP contribution in [0.15, 0.2) is 54.7 Å². The molecular weight excluding hydrogens is 320 g/mol. The van der Waals surface area contributed by atoms with E-state index >= 15 is 0 Å². The molecule has 1 heterocycles. The molecule has 0 bridgehead atoms. The second-order valence-corrected chi connectivity index (χ2v) is 4.95. The van der Waals surface area contributed by atoms with Gasteiger partial charge in [-0.2, -0.15) is 10.5 Å². The first kappa shape index (κ1) is 15.9. The van der Waals surface area contributed by atoms with Gasteiger partial charge in [0.2, 0.25) is 5.82 Å². The Hall–Kier alpha value is -3.99. The van der Waals surface area contributed by atoms with Gasteiger partial charge in [0.05, 0.1) is 5.56 Å². The topological polar surface area (TPSA) is 128 Å². The number of carboxylic acid groups (broad SMARTS) is 1. The molecule has 0 saturated carbocycles. The molecule has 0 aliphatic heterocycles. The molecule has 3 aromatic rings. The third-order valence-corrected chi connectivity index (χ3v) is 3.44. The highest BCUT2D eigenvalue weighted by Gasteiger charge is 2.15. The number of nitrogens with one attached hydrogen (secondary N) is 2. The first-order valence-corrected chi connectivity index (χ1v) is 7.23. The Labute approximate surface area is 142 Å². The summed E-state index contributed by atoms with van der Waals surface area (Å²) >= 11 is 0. The second-order valence-electron chi connectivity index (χ2n) is 4.95. The van der Waals surface area contributed by atoms with Crippen LogP contribution in [0.5, 0.6) is 0 Å². The summed E-state index contributed by atoms with van der Waals surface area (Å²) in [6.45, 7) is 0. The number of hydrogen-bond donors (Lipinski definition) is 3. The summed E-state index contributed by atoms with van der Waals surface area (Å²) in [4.78, 5) is 11.6. The third kappa shape index (κ3) is 3.35. The highest BCUT2D eigenvalue weighted by molar-refractivity contribution is 6.00. The van der Waals surface area contributed by atoms with Gasteiger partial charge in [-0.05, 0) is 22.9 Å². The normalized spacial score (nSPS) is 10.9. The molecule has 25 heavy (non-hydrogen) atoms. The summed E-state index contributed by atoms with van der Waals surface area (Å²) in [5.74, 6) is -0.893. The van der Waals surface area contributed by atoms with E-state index in [1.165, 1.54) is 12.3 Å². The van der Waals surface area contributed by atoms with E-state index < -0.39 is 5.97 Å². The van der Waals surface area contributed by atoms with E-state index in [1.807, 2.05) is 36.4 Å². The molecule has 8 heteroatoms. The van der Waals surface area contributed by atoms with Crippen LogP contribution in [0.2, 0.25) is 0 Å². The number of aromatic amines is 1. The van der Waals surface area contributed by atoms with Gasteiger partial charge in [-0.15, -0.1) is 10.2 Å². The fraction of sp³-hybridized carbons (Fsp3) is 0. The summed E-state index contributed by atoms with van der Waals surface area (Å²) in [5, 5.41) is 34.9. The van der Waals surface area contributed by atoms with Crippen LogP contribution in [-0.2, 0) is 0 Å². The minimum Gasteiger partial charge on any atom is -0.478 e. The molecule has 0 aliphatic carbocycles. The molecule has 3 rings (SSSR count). The van der Waals surface area contributed by atoms with Crippen LogP contribution in [0.25, 0.3) is 16.7 Å². The molecule has 8 nitrogen and oxygen atoms in total. The molecule has 0 fully saturated rings. The zero-order valence-corrected chi connectivity index (χ0v) is 12.8. The molecular formula is C17H12N6O2. The van der Waals surface area contributed by atoms with Crippen LogP contribution < -0.4 is 5.32 Å². The predicted molar refractivity (Wildman–Crippen MR) is 90.2 cm³/mol. The number of benzene rings is 2. The Morgan fingerprint density at radius 2 is 2.00 bits per heavy atom. The lowest BCUT2D eigenvalue weighted by Crippen LogP contribution is -2.03. The number of H-pyrrole nitrogens is 1. The number of aromatic carboxylic acids is 1. The Balaban J connectivity index is 2.06. The lowest BCUT2D eigenvalue weighted by Gasteiger charge is -2.13. The first-order chi connectivity index (χ1) is 12.2. The van der Waals surface area contributed by atoms with Crippen molar-refractivity contribution in [1.29, 1.82) is 5.26 Å². The van der Waals surface area contributed by atoms with Crippen molar-refractivity contribution in [2.24, 2.45) is 0 Å². The fourth-order valence-electron chi connectivity index (χ4n) is 2.34. The van der Waals surface area contributed by atoms with Crippen LogP contribution >= 0.6 is 0 Å². The van der Waals surface area contributed by atoms with Gasteiger partial charge in [-0.3, -0.25) is 0 Å². The quantitative estimate of drug-likeness (QED) is 0.612. The average Bonchev–Trinajstić information content (AvgIpc) is 3.17. The molecule has 0 spiro atoms. The number of nitrogens with zero attached hydrogens (tertiary/aromatic N) is 4. The second kappa shape index (κ2) is 7.06. The average molecular weight is 332 g/mol. The third-order valence-electron chi connectivity index (χ3n) is 3.44. The van der Waals surface area contributed by atoms with E-state index in [1.54, 1.807) is 12.1 Å². The van der Waals surface area contributed by atoms with Crippen molar-refractivity contribution in [2.75, 3.05) is 5.32 Å². The van der Waals surface area contributed by atoms with E-state index in [-0.39, 0.29) is 17.0 Å². The van der Waals surface area contributed by atoms with Gasteiger partial charge in [0, 0.05) is 17.5 Å². The van der Waals surface area contributed by atoms with Crippen molar-refractivity contribution in [3.8, 4) is 17.2 Å². The monoisotopic (exact) mass is 332 g/mol. The largest absolute Gasteiger partial charge is 0.478 e. The Morgan fingerprint density at radius 1 is 1.20 bits per heavy atom. The van der Waals surface area contributed by atoms with Crippen LogP contribution in [0, 0.1) is 11.3 Å². The van der Waals surface area contributed by atoms with Crippen LogP contribution in [-0.4, -0.2) is 31.7 Å². The number of carbonyl (C=O) groups is 1. The first-order valence-electron chi connectivity index (χ1n) is 7.23. The number of allylic oxidation sites excluding steroid dienone is 1. The molecule has 3 N–H and O–H groups in total. The van der Waals surface area contributed by atoms with E-state index in [2.05, 4.69) is 25.9 Å². The minimum atomic E-state index is -1.04. The smallest absolute Gasteiger partial charge is 0.336 e. The Kier molecular flexibility index (Phi) is 4.49. The minimum absolute atomic E-state index is 0.144. The van der Waals surface area contributed by atoms with Crippen molar-refractivity contribution >= 4 is 17.2 Å². The molecule has 0 unspecified atom stereocenters. The lowest BCUT2D eigenvalue weighted by molar-refractivity contribution is 0.0698. The van der Waals surface area contributed by atoms with Crippen molar-refractivity contribution in [3.05, 3.63) is 66.1 Å². The number of rotatable bonds is 5. The van der Waals surface area contributed by atoms with Crippen LogP contribution in [0.3, 0.4) is 0 Å². The number of carboxylic acids is 1. The number of tetrazole rings is 1. The number of anilines is 1. The predicted octanol–water partition coefficient (Wildman–Crippen LogP) is 2.54. The van der Waals surface area contributed by atoms with Crippen molar-refractivity contribution < 1.29 is 9.90 Å². The Bertz CT molecular complexity index is 959. The molecule has 0 radical (unpaired) electrons. The highest BCUT2D eigenvalue weighted by Crippen LogP contribution is 2.32.